The van der Waals surface area contributed by atoms with Crippen LogP contribution in [0.1, 0.15) is 48.5 Å². The molecule has 0 unspecified atom stereocenters. The molecule has 29 heavy (non-hydrogen) atoms. The van der Waals surface area contributed by atoms with Crippen LogP contribution in [0.2, 0.25) is 0 Å². The predicted molar refractivity (Wildman–Crippen MR) is 113 cm³/mol. The Morgan fingerprint density at radius 2 is 1.83 bits per heavy atom. The van der Waals surface area contributed by atoms with E-state index in [1.807, 2.05) is 41.8 Å². The lowest BCUT2D eigenvalue weighted by molar-refractivity contribution is 0.520. The van der Waals surface area contributed by atoms with Gasteiger partial charge in [0.2, 0.25) is 5.78 Å². The summed E-state index contributed by atoms with van der Waals surface area (Å²) >= 11 is 0. The highest BCUT2D eigenvalue weighted by atomic mass is 16.2. The molecule has 1 aromatic carbocycles. The minimum atomic E-state index is -0.337. The van der Waals surface area contributed by atoms with Gasteiger partial charge in [0.25, 0.3) is 5.56 Å². The molecule has 3 aromatic heterocycles. The number of hydrogen-bond acceptors (Lipinski definition) is 3. The lowest BCUT2D eigenvalue weighted by atomic mass is 10.1. The first-order valence-electron chi connectivity index (χ1n) is 10.2. The number of aryl methyl sites for hydroxylation is 3. The van der Waals surface area contributed by atoms with E-state index in [1.54, 1.807) is 7.05 Å². The molecule has 4 aromatic rings. The summed E-state index contributed by atoms with van der Waals surface area (Å²) in [7, 11) is 1.69. The third kappa shape index (κ3) is 2.60. The van der Waals surface area contributed by atoms with Gasteiger partial charge in [-0.3, -0.25) is 18.3 Å². The SMILES string of the molecule is Cc1ccccc1Cn1c(=O)c2c(nc3n(C4CCCC4)c(C)cn23)n(C)c1=O. The summed E-state index contributed by atoms with van der Waals surface area (Å²) in [6, 6.07) is 8.25. The fraction of sp³-hybridized carbons (Fsp3) is 0.409. The number of aromatic nitrogens is 5. The van der Waals surface area contributed by atoms with E-state index in [2.05, 4.69) is 11.5 Å². The van der Waals surface area contributed by atoms with Gasteiger partial charge in [0.05, 0.1) is 6.54 Å². The average Bonchev–Trinajstić information content (AvgIpc) is 3.40. The molecule has 0 aliphatic heterocycles. The maximum Gasteiger partial charge on any atom is 0.332 e. The molecule has 5 rings (SSSR count). The van der Waals surface area contributed by atoms with Gasteiger partial charge in [0, 0.05) is 25.0 Å². The minimum Gasteiger partial charge on any atom is -0.311 e. The lowest BCUT2D eigenvalue weighted by Gasteiger charge is -2.13. The fourth-order valence-corrected chi connectivity index (χ4v) is 4.74. The smallest absolute Gasteiger partial charge is 0.311 e. The van der Waals surface area contributed by atoms with Crippen LogP contribution in [-0.4, -0.2) is 23.1 Å². The second-order valence-electron chi connectivity index (χ2n) is 8.19. The lowest BCUT2D eigenvalue weighted by Crippen LogP contribution is -2.39. The number of benzene rings is 1. The largest absolute Gasteiger partial charge is 0.332 e. The van der Waals surface area contributed by atoms with E-state index in [-0.39, 0.29) is 17.8 Å². The van der Waals surface area contributed by atoms with Gasteiger partial charge >= 0.3 is 5.69 Å². The van der Waals surface area contributed by atoms with Crippen LogP contribution in [-0.2, 0) is 13.6 Å². The zero-order chi connectivity index (χ0) is 20.3. The third-order valence-electron chi connectivity index (χ3n) is 6.35. The molecule has 7 heteroatoms. The highest BCUT2D eigenvalue weighted by Gasteiger charge is 2.25. The summed E-state index contributed by atoms with van der Waals surface area (Å²) in [6.07, 6.45) is 6.68. The molecule has 0 saturated heterocycles. The Bertz CT molecular complexity index is 1360. The van der Waals surface area contributed by atoms with E-state index >= 15 is 0 Å². The summed E-state index contributed by atoms with van der Waals surface area (Å²) < 4.78 is 6.93. The van der Waals surface area contributed by atoms with Crippen molar-refractivity contribution >= 4 is 16.9 Å². The van der Waals surface area contributed by atoms with E-state index < -0.39 is 0 Å². The van der Waals surface area contributed by atoms with Crippen molar-refractivity contribution in [2.24, 2.45) is 7.05 Å². The summed E-state index contributed by atoms with van der Waals surface area (Å²) in [5, 5.41) is 0. The Balaban J connectivity index is 1.78. The van der Waals surface area contributed by atoms with Crippen LogP contribution in [0.4, 0.5) is 0 Å². The topological polar surface area (TPSA) is 66.2 Å². The van der Waals surface area contributed by atoms with Crippen molar-refractivity contribution in [1.29, 1.82) is 0 Å². The molecule has 0 bridgehead atoms. The zero-order valence-corrected chi connectivity index (χ0v) is 17.1. The first-order chi connectivity index (χ1) is 14.0. The number of rotatable bonds is 3. The quantitative estimate of drug-likeness (QED) is 0.539. The molecule has 1 saturated carbocycles. The number of hydrogen-bond donors (Lipinski definition) is 0. The standard InChI is InChI=1S/C22H25N5O2/c1-14-8-4-5-9-16(14)13-26-20(28)18-19(24(3)22(26)29)23-21-25(18)12-15(2)27(21)17-10-6-7-11-17/h4-5,8-9,12,17H,6-7,10-11,13H2,1-3H3. The molecule has 0 N–H and O–H groups in total. The van der Waals surface area contributed by atoms with Crippen molar-refractivity contribution in [1.82, 2.24) is 23.1 Å². The second kappa shape index (κ2) is 6.47. The molecule has 7 nitrogen and oxygen atoms in total. The molecular formula is C22H25N5O2. The maximum atomic E-state index is 13.4. The Kier molecular flexibility index (Phi) is 4.01. The molecule has 0 atom stereocenters. The molecule has 0 radical (unpaired) electrons. The van der Waals surface area contributed by atoms with E-state index in [0.29, 0.717) is 17.2 Å². The summed E-state index contributed by atoms with van der Waals surface area (Å²) in [4.78, 5) is 31.2. The normalized spacial score (nSPS) is 15.1. The van der Waals surface area contributed by atoms with Crippen LogP contribution in [0.3, 0.4) is 0 Å². The van der Waals surface area contributed by atoms with E-state index in [1.165, 1.54) is 22.0 Å². The summed E-state index contributed by atoms with van der Waals surface area (Å²) in [5.41, 5.74) is 3.41. The van der Waals surface area contributed by atoms with Gasteiger partial charge in [0.15, 0.2) is 11.2 Å². The van der Waals surface area contributed by atoms with Gasteiger partial charge in [0.1, 0.15) is 0 Å². The molecule has 1 aliphatic carbocycles. The van der Waals surface area contributed by atoms with Gasteiger partial charge in [-0.2, -0.15) is 4.98 Å². The first-order valence-corrected chi connectivity index (χ1v) is 10.2. The minimum absolute atomic E-state index is 0.254. The third-order valence-corrected chi connectivity index (χ3v) is 6.35. The van der Waals surface area contributed by atoms with Crippen molar-refractivity contribution in [2.75, 3.05) is 0 Å². The highest BCUT2D eigenvalue weighted by Crippen LogP contribution is 2.33. The highest BCUT2D eigenvalue weighted by molar-refractivity contribution is 5.75. The van der Waals surface area contributed by atoms with Crippen molar-refractivity contribution in [3.05, 3.63) is 68.1 Å². The zero-order valence-electron chi connectivity index (χ0n) is 17.1. The second-order valence-corrected chi connectivity index (χ2v) is 8.19. The van der Waals surface area contributed by atoms with Gasteiger partial charge in [-0.05, 0) is 37.8 Å². The van der Waals surface area contributed by atoms with Crippen molar-refractivity contribution in [3.63, 3.8) is 0 Å². The average molecular weight is 391 g/mol. The molecular weight excluding hydrogens is 366 g/mol. The van der Waals surface area contributed by atoms with E-state index in [0.717, 1.165) is 35.4 Å². The Hall–Kier alpha value is -3.09. The van der Waals surface area contributed by atoms with Crippen LogP contribution in [0.5, 0.6) is 0 Å². The van der Waals surface area contributed by atoms with Crippen molar-refractivity contribution < 1.29 is 0 Å². The van der Waals surface area contributed by atoms with Crippen LogP contribution in [0.15, 0.2) is 40.1 Å². The van der Waals surface area contributed by atoms with Crippen LogP contribution in [0.25, 0.3) is 16.9 Å². The summed E-state index contributed by atoms with van der Waals surface area (Å²) in [5.74, 6) is 0.755. The fourth-order valence-electron chi connectivity index (χ4n) is 4.74. The van der Waals surface area contributed by atoms with Gasteiger partial charge < -0.3 is 4.57 Å². The van der Waals surface area contributed by atoms with E-state index in [4.69, 9.17) is 4.98 Å². The molecule has 0 spiro atoms. The number of imidazole rings is 2. The molecule has 150 valence electrons. The van der Waals surface area contributed by atoms with Gasteiger partial charge in [-0.1, -0.05) is 37.1 Å². The van der Waals surface area contributed by atoms with Crippen molar-refractivity contribution in [2.45, 2.75) is 52.1 Å². The summed E-state index contributed by atoms with van der Waals surface area (Å²) in [6.45, 7) is 4.31. The Labute approximate surface area is 167 Å². The Morgan fingerprint density at radius 3 is 2.55 bits per heavy atom. The van der Waals surface area contributed by atoms with Gasteiger partial charge in [-0.15, -0.1) is 0 Å². The molecule has 0 amide bonds. The van der Waals surface area contributed by atoms with Crippen LogP contribution in [0, 0.1) is 13.8 Å². The number of nitrogens with zero attached hydrogens (tertiary/aromatic N) is 5. The van der Waals surface area contributed by atoms with E-state index in [9.17, 15) is 9.59 Å². The van der Waals surface area contributed by atoms with Gasteiger partial charge in [-0.25, -0.2) is 4.79 Å². The van der Waals surface area contributed by atoms with Crippen LogP contribution < -0.4 is 11.2 Å². The number of fused-ring (bicyclic) bond motifs is 3. The monoisotopic (exact) mass is 391 g/mol. The molecule has 3 heterocycles. The predicted octanol–water partition coefficient (Wildman–Crippen LogP) is 2.93. The molecule has 1 fully saturated rings. The first kappa shape index (κ1) is 18.0. The maximum absolute atomic E-state index is 13.4. The van der Waals surface area contributed by atoms with Crippen LogP contribution >= 0.6 is 0 Å². The molecule has 1 aliphatic rings. The van der Waals surface area contributed by atoms with Crippen molar-refractivity contribution in [3.8, 4) is 0 Å². The Morgan fingerprint density at radius 1 is 1.10 bits per heavy atom.